The van der Waals surface area contributed by atoms with Gasteiger partial charge in [0.1, 0.15) is 19.3 Å². The lowest BCUT2D eigenvalue weighted by Crippen LogP contribution is -2.49. The second-order valence-electron chi connectivity index (χ2n) is 8.33. The lowest BCUT2D eigenvalue weighted by molar-refractivity contribution is -0.132. The summed E-state index contributed by atoms with van der Waals surface area (Å²) >= 11 is 3.59. The van der Waals surface area contributed by atoms with Gasteiger partial charge in [0, 0.05) is 42.8 Å². The molecule has 0 bridgehead atoms. The van der Waals surface area contributed by atoms with E-state index in [9.17, 15) is 9.59 Å². The number of hydrogen-bond acceptors (Lipinski definition) is 6. The van der Waals surface area contributed by atoms with E-state index in [1.807, 2.05) is 35.2 Å². The molecule has 1 fully saturated rings. The molecule has 3 heterocycles. The van der Waals surface area contributed by atoms with Gasteiger partial charge >= 0.3 is 5.97 Å². The number of fused-ring (bicyclic) bond motifs is 1. The minimum atomic E-state index is -0.226. The average molecular weight is 510 g/mol. The molecule has 2 aromatic carbocycles. The first-order chi connectivity index (χ1) is 16.1. The topological polar surface area (TPSA) is 80.6 Å². The molecule has 1 amide bonds. The fraction of sp³-hybridized carbons (Fsp3) is 0.333. The number of nitrogens with zero attached hydrogens (tertiary/aromatic N) is 5. The van der Waals surface area contributed by atoms with Gasteiger partial charge in [-0.05, 0) is 35.7 Å². The number of cyclic esters (lactones) is 1. The van der Waals surface area contributed by atoms with Crippen molar-refractivity contribution in [1.29, 1.82) is 0 Å². The van der Waals surface area contributed by atoms with Crippen LogP contribution in [-0.4, -0.2) is 69.2 Å². The maximum atomic E-state index is 12.9. The van der Waals surface area contributed by atoms with Crippen LogP contribution in [0.4, 0.5) is 0 Å². The van der Waals surface area contributed by atoms with Crippen LogP contribution in [0.15, 0.2) is 53.5 Å². The third-order valence-corrected chi connectivity index (χ3v) is 6.99. The molecule has 0 saturated carbocycles. The highest BCUT2D eigenvalue weighted by atomic mass is 79.9. The summed E-state index contributed by atoms with van der Waals surface area (Å²) in [4.78, 5) is 32.8. The fourth-order valence-corrected chi connectivity index (χ4v) is 4.80. The van der Waals surface area contributed by atoms with Gasteiger partial charge in [-0.25, -0.2) is 14.5 Å². The number of esters is 1. The molecule has 8 nitrogen and oxygen atoms in total. The van der Waals surface area contributed by atoms with E-state index in [0.29, 0.717) is 18.6 Å². The Morgan fingerprint density at radius 3 is 2.70 bits per heavy atom. The number of amides is 1. The third-order valence-electron chi connectivity index (χ3n) is 6.25. The van der Waals surface area contributed by atoms with Crippen LogP contribution in [0.2, 0.25) is 0 Å². The normalized spacial score (nSPS) is 16.0. The summed E-state index contributed by atoms with van der Waals surface area (Å²) < 4.78 is 7.66. The lowest BCUT2D eigenvalue weighted by atomic mass is 10.0. The van der Waals surface area contributed by atoms with E-state index in [1.54, 1.807) is 11.0 Å². The summed E-state index contributed by atoms with van der Waals surface area (Å²) in [6.07, 6.45) is 4.42. The van der Waals surface area contributed by atoms with E-state index in [4.69, 9.17) is 4.74 Å². The van der Waals surface area contributed by atoms with Gasteiger partial charge in [0.15, 0.2) is 0 Å². The first-order valence-corrected chi connectivity index (χ1v) is 11.8. The van der Waals surface area contributed by atoms with Crippen molar-refractivity contribution in [3.63, 3.8) is 0 Å². The average Bonchev–Trinajstić information content (AvgIpc) is 3.50. The first-order valence-electron chi connectivity index (χ1n) is 11.0. The maximum absolute atomic E-state index is 12.9. The van der Waals surface area contributed by atoms with Crippen LogP contribution in [-0.2, 0) is 29.0 Å². The number of aromatic nitrogens is 3. The summed E-state index contributed by atoms with van der Waals surface area (Å²) in [5, 5.41) is 4.14. The van der Waals surface area contributed by atoms with Crippen molar-refractivity contribution < 1.29 is 14.3 Å². The highest BCUT2D eigenvalue weighted by Gasteiger charge is 2.23. The molecule has 9 heteroatoms. The molecule has 0 unspecified atom stereocenters. The molecule has 1 aromatic heterocycles. The molecule has 0 N–H and O–H groups in total. The molecule has 0 atom stereocenters. The minimum Gasteiger partial charge on any atom is -0.457 e. The lowest BCUT2D eigenvalue weighted by Gasteiger charge is -2.35. The fourth-order valence-electron chi connectivity index (χ4n) is 4.29. The second kappa shape index (κ2) is 9.44. The molecule has 1 saturated heterocycles. The smallest absolute Gasteiger partial charge is 0.338 e. The van der Waals surface area contributed by atoms with E-state index >= 15 is 0 Å². The number of piperazine rings is 1. The van der Waals surface area contributed by atoms with Crippen molar-refractivity contribution >= 4 is 27.8 Å². The summed E-state index contributed by atoms with van der Waals surface area (Å²) in [6, 6.07) is 11.8. The van der Waals surface area contributed by atoms with Crippen LogP contribution in [0.3, 0.4) is 0 Å². The Morgan fingerprint density at radius 2 is 1.94 bits per heavy atom. The van der Waals surface area contributed by atoms with Gasteiger partial charge < -0.3 is 9.64 Å². The van der Waals surface area contributed by atoms with Gasteiger partial charge in [-0.1, -0.05) is 34.1 Å². The molecule has 3 aromatic rings. The number of ether oxygens (including phenoxy) is 1. The van der Waals surface area contributed by atoms with Crippen molar-refractivity contribution in [2.75, 3.05) is 32.7 Å². The van der Waals surface area contributed by atoms with E-state index < -0.39 is 0 Å². The van der Waals surface area contributed by atoms with Gasteiger partial charge in [-0.15, -0.1) is 0 Å². The molecule has 33 heavy (non-hydrogen) atoms. The highest BCUT2D eigenvalue weighted by Crippen LogP contribution is 2.23. The zero-order valence-corrected chi connectivity index (χ0v) is 19.7. The second-order valence-corrected chi connectivity index (χ2v) is 9.19. The molecule has 5 rings (SSSR count). The standard InChI is InChI=1S/C24H24BrN5O3/c25-22-13-20(30-16-26-15-27-30)3-2-18(22)12-23(31)29-9-7-28(8-10-29)6-5-17-1-4-21-19(11-17)14-33-24(21)32/h1-4,11,13,15-16H,5-10,12,14H2. The van der Waals surface area contributed by atoms with Gasteiger partial charge in [0.2, 0.25) is 5.91 Å². The number of carbonyl (C=O) groups is 2. The Morgan fingerprint density at radius 1 is 1.09 bits per heavy atom. The van der Waals surface area contributed by atoms with Crippen molar-refractivity contribution in [2.24, 2.45) is 0 Å². The Kier molecular flexibility index (Phi) is 6.24. The molecular formula is C24H24BrN5O3. The molecule has 0 aliphatic carbocycles. The Bertz CT molecular complexity index is 1170. The van der Waals surface area contributed by atoms with Crippen molar-refractivity contribution in [3.8, 4) is 5.69 Å². The largest absolute Gasteiger partial charge is 0.457 e. The van der Waals surface area contributed by atoms with Crippen LogP contribution >= 0.6 is 15.9 Å². The summed E-state index contributed by atoms with van der Waals surface area (Å²) in [7, 11) is 0. The van der Waals surface area contributed by atoms with Crippen LogP contribution in [0, 0.1) is 0 Å². The van der Waals surface area contributed by atoms with Crippen molar-refractivity contribution in [2.45, 2.75) is 19.4 Å². The molecular weight excluding hydrogens is 486 g/mol. The minimum absolute atomic E-state index is 0.146. The number of rotatable bonds is 6. The molecule has 0 radical (unpaired) electrons. The van der Waals surface area contributed by atoms with Crippen molar-refractivity contribution in [1.82, 2.24) is 24.6 Å². The predicted octanol–water partition coefficient (Wildman–Crippen LogP) is 2.63. The molecule has 2 aliphatic rings. The van der Waals surface area contributed by atoms with E-state index in [1.165, 1.54) is 11.9 Å². The van der Waals surface area contributed by atoms with Gasteiger partial charge in [-0.2, -0.15) is 5.10 Å². The Labute approximate surface area is 200 Å². The predicted molar refractivity (Wildman–Crippen MR) is 125 cm³/mol. The number of benzene rings is 2. The maximum Gasteiger partial charge on any atom is 0.338 e. The van der Waals surface area contributed by atoms with Crippen LogP contribution in [0.5, 0.6) is 0 Å². The molecule has 0 spiro atoms. The first kappa shape index (κ1) is 21.8. The Balaban J connectivity index is 1.11. The van der Waals surface area contributed by atoms with E-state index in [2.05, 4.69) is 37.0 Å². The number of hydrogen-bond donors (Lipinski definition) is 0. The van der Waals surface area contributed by atoms with Crippen LogP contribution in [0.25, 0.3) is 5.69 Å². The number of carbonyl (C=O) groups excluding carboxylic acids is 2. The van der Waals surface area contributed by atoms with Gasteiger partial charge in [0.05, 0.1) is 17.7 Å². The van der Waals surface area contributed by atoms with Gasteiger partial charge in [0.25, 0.3) is 0 Å². The highest BCUT2D eigenvalue weighted by molar-refractivity contribution is 9.10. The molecule has 170 valence electrons. The van der Waals surface area contributed by atoms with Crippen LogP contribution < -0.4 is 0 Å². The molecule has 2 aliphatic heterocycles. The van der Waals surface area contributed by atoms with Crippen molar-refractivity contribution in [3.05, 3.63) is 75.8 Å². The van der Waals surface area contributed by atoms with E-state index in [-0.39, 0.29) is 11.9 Å². The quantitative estimate of drug-likeness (QED) is 0.475. The summed E-state index contributed by atoms with van der Waals surface area (Å²) in [6.45, 7) is 4.52. The van der Waals surface area contributed by atoms with Gasteiger partial charge in [-0.3, -0.25) is 9.69 Å². The van der Waals surface area contributed by atoms with Crippen LogP contribution in [0.1, 0.15) is 27.0 Å². The Hall–Kier alpha value is -3.04. The summed E-state index contributed by atoms with van der Waals surface area (Å²) in [5.74, 6) is -0.0809. The third kappa shape index (κ3) is 4.84. The number of halogens is 1. The zero-order chi connectivity index (χ0) is 22.8. The summed E-state index contributed by atoms with van der Waals surface area (Å²) in [5.41, 5.74) is 4.74. The van der Waals surface area contributed by atoms with E-state index in [0.717, 1.165) is 60.4 Å². The zero-order valence-electron chi connectivity index (χ0n) is 18.1. The SMILES string of the molecule is O=C1OCc2cc(CCN3CCN(C(=O)Cc4ccc(-n5cncn5)cc4Br)CC3)ccc21. The monoisotopic (exact) mass is 509 g/mol.